The third kappa shape index (κ3) is 2.46. The molecule has 3 fully saturated rings. The fourth-order valence-electron chi connectivity index (χ4n) is 5.20. The number of ether oxygens (including phenoxy) is 2. The maximum absolute atomic E-state index is 6.02. The number of hydrogen-bond donors (Lipinski definition) is 0. The van der Waals surface area contributed by atoms with Crippen LogP contribution < -0.4 is 0 Å². The summed E-state index contributed by atoms with van der Waals surface area (Å²) >= 11 is 0. The lowest BCUT2D eigenvalue weighted by molar-refractivity contribution is -0.140. The van der Waals surface area contributed by atoms with Crippen LogP contribution in [0.25, 0.3) is 0 Å². The summed E-state index contributed by atoms with van der Waals surface area (Å²) in [6.45, 7) is 11.8. The second-order valence-corrected chi connectivity index (χ2v) is 7.84. The molecule has 0 aromatic rings. The summed E-state index contributed by atoms with van der Waals surface area (Å²) in [4.78, 5) is 0. The van der Waals surface area contributed by atoms with E-state index in [1.54, 1.807) is 5.57 Å². The molecular weight excluding hydrogens is 248 g/mol. The van der Waals surface area contributed by atoms with Gasteiger partial charge in [-0.3, -0.25) is 0 Å². The molecule has 0 radical (unpaired) electrons. The SMILES string of the molecule is C/C=C1/C2CC(CC2CC2COC(C)(C)O2)C1C(C)C. The van der Waals surface area contributed by atoms with Gasteiger partial charge in [0.1, 0.15) is 0 Å². The molecule has 0 aromatic heterocycles. The summed E-state index contributed by atoms with van der Waals surface area (Å²) in [6.07, 6.45) is 6.74. The molecule has 114 valence electrons. The molecule has 20 heavy (non-hydrogen) atoms. The average molecular weight is 278 g/mol. The van der Waals surface area contributed by atoms with Gasteiger partial charge in [0.15, 0.2) is 5.79 Å². The molecule has 2 nitrogen and oxygen atoms in total. The molecular formula is C18H30O2. The van der Waals surface area contributed by atoms with E-state index in [1.165, 1.54) is 19.3 Å². The van der Waals surface area contributed by atoms with Gasteiger partial charge in [-0.15, -0.1) is 0 Å². The van der Waals surface area contributed by atoms with Crippen molar-refractivity contribution in [2.45, 2.75) is 65.8 Å². The van der Waals surface area contributed by atoms with Crippen molar-refractivity contribution in [1.82, 2.24) is 0 Å². The van der Waals surface area contributed by atoms with E-state index in [-0.39, 0.29) is 5.79 Å². The third-order valence-corrected chi connectivity index (χ3v) is 5.74. The molecule has 2 bridgehead atoms. The minimum Gasteiger partial charge on any atom is -0.348 e. The highest BCUT2D eigenvalue weighted by molar-refractivity contribution is 5.23. The van der Waals surface area contributed by atoms with Crippen LogP contribution in [0.15, 0.2) is 11.6 Å². The summed E-state index contributed by atoms with van der Waals surface area (Å²) in [7, 11) is 0. The van der Waals surface area contributed by atoms with Crippen LogP contribution >= 0.6 is 0 Å². The van der Waals surface area contributed by atoms with Crippen LogP contribution in [-0.2, 0) is 9.47 Å². The quantitative estimate of drug-likeness (QED) is 0.712. The van der Waals surface area contributed by atoms with Crippen molar-refractivity contribution >= 4 is 0 Å². The summed E-state index contributed by atoms with van der Waals surface area (Å²) in [5.41, 5.74) is 1.75. The molecule has 3 aliphatic rings. The molecule has 5 atom stereocenters. The first kappa shape index (κ1) is 14.6. The van der Waals surface area contributed by atoms with Gasteiger partial charge in [0.05, 0.1) is 12.7 Å². The predicted molar refractivity (Wildman–Crippen MR) is 81.3 cm³/mol. The lowest BCUT2D eigenvalue weighted by Gasteiger charge is -2.34. The molecule has 0 aromatic carbocycles. The van der Waals surface area contributed by atoms with Crippen molar-refractivity contribution in [3.63, 3.8) is 0 Å². The zero-order valence-corrected chi connectivity index (χ0v) is 13.7. The maximum atomic E-state index is 6.02. The van der Waals surface area contributed by atoms with E-state index < -0.39 is 0 Å². The van der Waals surface area contributed by atoms with Gasteiger partial charge < -0.3 is 9.47 Å². The van der Waals surface area contributed by atoms with E-state index in [2.05, 4.69) is 26.8 Å². The first-order valence-electron chi connectivity index (χ1n) is 8.39. The Bertz CT molecular complexity index is 396. The van der Waals surface area contributed by atoms with Crippen LogP contribution in [0.5, 0.6) is 0 Å². The van der Waals surface area contributed by atoms with Crippen molar-refractivity contribution < 1.29 is 9.47 Å². The van der Waals surface area contributed by atoms with Gasteiger partial charge in [0.25, 0.3) is 0 Å². The van der Waals surface area contributed by atoms with Crippen molar-refractivity contribution in [3.8, 4) is 0 Å². The first-order valence-corrected chi connectivity index (χ1v) is 8.39. The smallest absolute Gasteiger partial charge is 0.163 e. The van der Waals surface area contributed by atoms with Crippen molar-refractivity contribution in [1.29, 1.82) is 0 Å². The molecule has 1 saturated heterocycles. The number of rotatable bonds is 3. The Hall–Kier alpha value is -0.340. The van der Waals surface area contributed by atoms with Crippen LogP contribution in [0.3, 0.4) is 0 Å². The van der Waals surface area contributed by atoms with Gasteiger partial charge in [0.2, 0.25) is 0 Å². The molecule has 0 amide bonds. The Morgan fingerprint density at radius 1 is 1.30 bits per heavy atom. The standard InChI is InChI=1S/C18H30O2/c1-6-15-16-9-13(17(15)11(2)3)7-12(16)8-14-10-19-18(4,5)20-14/h6,11-14,16-17H,7-10H2,1-5H3/b15-6-. The maximum Gasteiger partial charge on any atom is 0.163 e. The predicted octanol–water partition coefficient (Wildman–Crippen LogP) is 4.40. The van der Waals surface area contributed by atoms with Crippen LogP contribution in [0.2, 0.25) is 0 Å². The summed E-state index contributed by atoms with van der Waals surface area (Å²) in [5.74, 6) is 3.84. The van der Waals surface area contributed by atoms with E-state index in [4.69, 9.17) is 9.47 Å². The molecule has 5 unspecified atom stereocenters. The number of fused-ring (bicyclic) bond motifs is 2. The second kappa shape index (κ2) is 5.14. The number of allylic oxidation sites excluding steroid dienone is 2. The highest BCUT2D eigenvalue weighted by Gasteiger charge is 2.50. The third-order valence-electron chi connectivity index (χ3n) is 5.74. The van der Waals surface area contributed by atoms with E-state index in [9.17, 15) is 0 Å². The largest absolute Gasteiger partial charge is 0.348 e. The highest BCUT2D eigenvalue weighted by atomic mass is 16.7. The Balaban J connectivity index is 1.65. The van der Waals surface area contributed by atoms with Crippen molar-refractivity contribution in [2.24, 2.45) is 29.6 Å². The highest BCUT2D eigenvalue weighted by Crippen LogP contribution is 2.58. The lowest BCUT2D eigenvalue weighted by Crippen LogP contribution is -2.28. The average Bonchev–Trinajstić information content (AvgIpc) is 3.00. The summed E-state index contributed by atoms with van der Waals surface area (Å²) in [5, 5.41) is 0. The first-order chi connectivity index (χ1) is 9.41. The molecule has 0 spiro atoms. The number of hydrogen-bond acceptors (Lipinski definition) is 2. The summed E-state index contributed by atoms with van der Waals surface area (Å²) < 4.78 is 11.7. The molecule has 1 heterocycles. The zero-order chi connectivity index (χ0) is 14.5. The molecule has 3 rings (SSSR count). The van der Waals surface area contributed by atoms with Gasteiger partial charge in [0, 0.05) is 0 Å². The second-order valence-electron chi connectivity index (χ2n) is 7.84. The molecule has 2 heteroatoms. The topological polar surface area (TPSA) is 18.5 Å². The van der Waals surface area contributed by atoms with Crippen LogP contribution in [0, 0.1) is 29.6 Å². The van der Waals surface area contributed by atoms with Gasteiger partial charge in [-0.1, -0.05) is 25.5 Å². The van der Waals surface area contributed by atoms with Crippen LogP contribution in [0.4, 0.5) is 0 Å². The fraction of sp³-hybridized carbons (Fsp3) is 0.889. The van der Waals surface area contributed by atoms with Crippen molar-refractivity contribution in [2.75, 3.05) is 6.61 Å². The summed E-state index contributed by atoms with van der Waals surface area (Å²) in [6, 6.07) is 0. The van der Waals surface area contributed by atoms with E-state index in [0.717, 1.165) is 36.2 Å². The minimum absolute atomic E-state index is 0.310. The molecule has 0 N–H and O–H groups in total. The lowest BCUT2D eigenvalue weighted by atomic mass is 9.72. The van der Waals surface area contributed by atoms with Crippen molar-refractivity contribution in [3.05, 3.63) is 11.6 Å². The van der Waals surface area contributed by atoms with Gasteiger partial charge in [-0.2, -0.15) is 0 Å². The van der Waals surface area contributed by atoms with E-state index in [1.807, 2.05) is 13.8 Å². The van der Waals surface area contributed by atoms with Gasteiger partial charge in [-0.25, -0.2) is 0 Å². The molecule has 2 aliphatic carbocycles. The van der Waals surface area contributed by atoms with E-state index in [0.29, 0.717) is 6.10 Å². The van der Waals surface area contributed by atoms with E-state index >= 15 is 0 Å². The Labute approximate surface area is 123 Å². The Kier molecular flexibility index (Phi) is 3.75. The normalized spacial score (nSPS) is 44.9. The molecule has 1 aliphatic heterocycles. The van der Waals surface area contributed by atoms with Gasteiger partial charge >= 0.3 is 0 Å². The van der Waals surface area contributed by atoms with Crippen LogP contribution in [0.1, 0.15) is 53.9 Å². The zero-order valence-electron chi connectivity index (χ0n) is 13.7. The van der Waals surface area contributed by atoms with Gasteiger partial charge in [-0.05, 0) is 69.6 Å². The Morgan fingerprint density at radius 3 is 2.60 bits per heavy atom. The fourth-order valence-corrected chi connectivity index (χ4v) is 5.20. The monoisotopic (exact) mass is 278 g/mol. The van der Waals surface area contributed by atoms with Crippen LogP contribution in [-0.4, -0.2) is 18.5 Å². The minimum atomic E-state index is -0.369. The Morgan fingerprint density at radius 2 is 2.05 bits per heavy atom. The molecule has 2 saturated carbocycles.